The maximum absolute atomic E-state index is 11.7. The zero-order valence-corrected chi connectivity index (χ0v) is 12.5. The second-order valence-corrected chi connectivity index (χ2v) is 5.64. The molecule has 1 rings (SSSR count). The summed E-state index contributed by atoms with van der Waals surface area (Å²) in [4.78, 5) is 15.4. The van der Waals surface area contributed by atoms with Gasteiger partial charge in [-0.25, -0.2) is 4.98 Å². The van der Waals surface area contributed by atoms with E-state index in [1.54, 1.807) is 0 Å². The topological polar surface area (TPSA) is 101 Å². The molecular weight excluding hydrogens is 341 g/mol. The molecular formula is C8H8Cl3N3O4S. The minimum atomic E-state index is -3.77. The Bertz CT molecular complexity index is 592. The van der Waals surface area contributed by atoms with Crippen LogP contribution in [0.25, 0.3) is 0 Å². The van der Waals surface area contributed by atoms with E-state index < -0.39 is 22.9 Å². The van der Waals surface area contributed by atoms with Gasteiger partial charge in [-0.15, -0.1) is 0 Å². The van der Waals surface area contributed by atoms with Crippen LogP contribution in [-0.4, -0.2) is 33.4 Å². The zero-order valence-electron chi connectivity index (χ0n) is 9.39. The molecule has 0 radical (unpaired) electrons. The van der Waals surface area contributed by atoms with Gasteiger partial charge < -0.3 is 5.32 Å². The lowest BCUT2D eigenvalue weighted by molar-refractivity contribution is 0.0955. The summed E-state index contributed by atoms with van der Waals surface area (Å²) < 4.78 is 27.3. The van der Waals surface area contributed by atoms with Gasteiger partial charge in [-0.3, -0.25) is 13.5 Å². The first-order valence-corrected chi connectivity index (χ1v) is 7.10. The van der Waals surface area contributed by atoms with Gasteiger partial charge in [0.1, 0.15) is 17.0 Å². The Morgan fingerprint density at radius 1 is 1.58 bits per heavy atom. The zero-order chi connectivity index (χ0) is 14.6. The minimum Gasteiger partial charge on any atom is -0.332 e. The van der Waals surface area contributed by atoms with Gasteiger partial charge >= 0.3 is 0 Å². The maximum atomic E-state index is 11.7. The van der Waals surface area contributed by atoms with Gasteiger partial charge in [0, 0.05) is 0 Å². The predicted octanol–water partition coefficient (Wildman–Crippen LogP) is 2.23. The number of carbonyl (C=O) groups excluding carboxylic acids is 1. The van der Waals surface area contributed by atoms with Crippen molar-refractivity contribution in [1.29, 1.82) is 0 Å². The van der Waals surface area contributed by atoms with E-state index in [9.17, 15) is 9.00 Å². The fourth-order valence-corrected chi connectivity index (χ4v) is 2.22. The Kier molecular flexibility index (Phi) is 5.78. The van der Waals surface area contributed by atoms with E-state index >= 15 is 0 Å². The van der Waals surface area contributed by atoms with Gasteiger partial charge in [0.15, 0.2) is 0 Å². The Labute approximate surface area is 124 Å². The van der Waals surface area contributed by atoms with Crippen LogP contribution in [0.4, 0.5) is 0 Å². The summed E-state index contributed by atoms with van der Waals surface area (Å²) in [6.45, 7) is -0.461. The Morgan fingerprint density at radius 3 is 2.74 bits per heavy atom. The maximum Gasteiger partial charge on any atom is 0.291 e. The number of hydrogen-bond acceptors (Lipinski definition) is 5. The summed E-state index contributed by atoms with van der Waals surface area (Å²) in [6, 6.07) is 1.24. The van der Waals surface area contributed by atoms with Crippen LogP contribution in [0.2, 0.25) is 15.3 Å². The Hall–Kier alpha value is -0.640. The van der Waals surface area contributed by atoms with Crippen LogP contribution < -0.4 is 5.32 Å². The number of rotatable bonds is 4. The predicted molar refractivity (Wildman–Crippen MR) is 71.8 cm³/mol. The highest BCUT2D eigenvalue weighted by Crippen LogP contribution is 2.25. The van der Waals surface area contributed by atoms with Crippen LogP contribution >= 0.6 is 34.8 Å². The van der Waals surface area contributed by atoms with Crippen LogP contribution in [0.3, 0.4) is 0 Å². The van der Waals surface area contributed by atoms with E-state index in [1.165, 1.54) is 6.07 Å². The molecule has 19 heavy (non-hydrogen) atoms. The number of hydrogen-bond donors (Lipinski definition) is 2. The molecule has 0 aliphatic rings. The van der Waals surface area contributed by atoms with Gasteiger partial charge in [-0.2, -0.15) is 8.57 Å². The molecule has 1 amide bonds. The van der Waals surface area contributed by atoms with Gasteiger partial charge in [-0.1, -0.05) is 34.8 Å². The molecule has 1 aromatic rings. The van der Waals surface area contributed by atoms with E-state index in [1.807, 2.05) is 0 Å². The molecule has 106 valence electrons. The summed E-state index contributed by atoms with van der Waals surface area (Å²) in [5.74, 6) is -0.714. The van der Waals surface area contributed by atoms with Gasteiger partial charge in [0.05, 0.1) is 17.7 Å². The average molecular weight is 349 g/mol. The molecule has 2 N–H and O–H groups in total. The fourth-order valence-electron chi connectivity index (χ4n) is 0.986. The first-order valence-electron chi connectivity index (χ1n) is 4.57. The van der Waals surface area contributed by atoms with E-state index in [4.69, 9.17) is 39.4 Å². The second kappa shape index (κ2) is 6.69. The van der Waals surface area contributed by atoms with Gasteiger partial charge in [0.25, 0.3) is 16.2 Å². The number of amides is 1. The number of pyridine rings is 1. The molecule has 0 saturated heterocycles. The quantitative estimate of drug-likeness (QED) is 0.813. The van der Waals surface area contributed by atoms with Crippen LogP contribution in [0.1, 0.15) is 10.4 Å². The highest BCUT2D eigenvalue weighted by molar-refractivity contribution is 7.83. The third-order valence-electron chi connectivity index (χ3n) is 1.81. The van der Waals surface area contributed by atoms with Crippen molar-refractivity contribution in [2.45, 2.75) is 0 Å². The van der Waals surface area contributed by atoms with Crippen molar-refractivity contribution in [2.24, 2.45) is 4.36 Å². The summed E-state index contributed by atoms with van der Waals surface area (Å²) in [6.07, 6.45) is 0. The Morgan fingerprint density at radius 2 is 2.21 bits per heavy atom. The van der Waals surface area contributed by atoms with Crippen molar-refractivity contribution >= 4 is 51.0 Å². The number of nitrogens with zero attached hydrogens (tertiary/aromatic N) is 2. The molecule has 0 fully saturated rings. The van der Waals surface area contributed by atoms with Crippen LogP contribution in [0.5, 0.6) is 0 Å². The number of nitrogens with one attached hydrogen (secondary N) is 1. The molecule has 0 aromatic carbocycles. The second-order valence-electron chi connectivity index (χ2n) is 3.00. The molecule has 11 heteroatoms. The fraction of sp³-hybridized carbons (Fsp3) is 0.250. The van der Waals surface area contributed by atoms with E-state index in [0.717, 1.165) is 7.11 Å². The highest BCUT2D eigenvalue weighted by atomic mass is 35.5. The molecule has 0 aliphatic carbocycles. The number of halogens is 3. The molecule has 1 heterocycles. The van der Waals surface area contributed by atoms with Crippen molar-refractivity contribution in [3.8, 4) is 0 Å². The van der Waals surface area contributed by atoms with Gasteiger partial charge in [0.2, 0.25) is 0 Å². The highest BCUT2D eigenvalue weighted by Gasteiger charge is 2.17. The molecule has 7 nitrogen and oxygen atoms in total. The smallest absolute Gasteiger partial charge is 0.291 e. The molecule has 1 aromatic heterocycles. The van der Waals surface area contributed by atoms with E-state index in [-0.39, 0.29) is 20.9 Å². The van der Waals surface area contributed by atoms with Crippen LogP contribution in [0, 0.1) is 0 Å². The van der Waals surface area contributed by atoms with Crippen molar-refractivity contribution in [3.05, 3.63) is 27.0 Å². The molecule has 0 spiro atoms. The Balaban J connectivity index is 2.86. The third-order valence-corrected chi connectivity index (χ3v) is 3.46. The summed E-state index contributed by atoms with van der Waals surface area (Å²) in [7, 11) is -2.76. The molecule has 0 saturated carbocycles. The average Bonchev–Trinajstić information content (AvgIpc) is 2.27. The van der Waals surface area contributed by atoms with Crippen molar-refractivity contribution in [3.63, 3.8) is 0 Å². The van der Waals surface area contributed by atoms with Gasteiger partial charge in [-0.05, 0) is 6.07 Å². The van der Waals surface area contributed by atoms with E-state index in [2.05, 4.69) is 18.8 Å². The lowest BCUT2D eigenvalue weighted by Crippen LogP contribution is -2.25. The molecule has 0 bridgehead atoms. The lowest BCUT2D eigenvalue weighted by Gasteiger charge is -2.06. The lowest BCUT2D eigenvalue weighted by atomic mass is 10.2. The SMILES string of the molecule is COS(=O)(O)=NCNC(=O)c1c(Cl)cc(Cl)nc1Cl. The number of aromatic nitrogens is 1. The van der Waals surface area contributed by atoms with E-state index in [0.29, 0.717) is 0 Å². The van der Waals surface area contributed by atoms with Crippen LogP contribution in [-0.2, 0) is 14.5 Å². The first-order chi connectivity index (χ1) is 8.76. The van der Waals surface area contributed by atoms with Crippen LogP contribution in [0.15, 0.2) is 10.4 Å². The molecule has 1 unspecified atom stereocenters. The summed E-state index contributed by atoms with van der Waals surface area (Å²) >= 11 is 17.1. The normalized spacial score (nSPS) is 13.7. The van der Waals surface area contributed by atoms with Crippen molar-refractivity contribution in [2.75, 3.05) is 13.8 Å². The largest absolute Gasteiger partial charge is 0.332 e. The van der Waals surface area contributed by atoms with Crippen molar-refractivity contribution < 1.29 is 17.7 Å². The molecule has 1 atom stereocenters. The first kappa shape index (κ1) is 16.4. The summed E-state index contributed by atoms with van der Waals surface area (Å²) in [5.41, 5.74) is -0.107. The summed E-state index contributed by atoms with van der Waals surface area (Å²) in [5, 5.41) is 2.06. The third kappa shape index (κ3) is 4.75. The minimum absolute atomic E-state index is 0.000950. The monoisotopic (exact) mass is 347 g/mol. The molecule has 0 aliphatic heterocycles. The standard InChI is InChI=1S/C8H8Cl3N3O4S/c1-18-19(16,17)13-3-12-8(15)6-4(9)2-5(10)14-7(6)11/h2H,3H2,1H3,(H,12,15)(H,13,16,17). The van der Waals surface area contributed by atoms with Crippen molar-refractivity contribution in [1.82, 2.24) is 10.3 Å². The number of carbonyl (C=O) groups is 1.